The number of ether oxygens (including phenoxy) is 2. The molecular weight excluding hydrogens is 202 g/mol. The predicted octanol–water partition coefficient (Wildman–Crippen LogP) is 2.38. The van der Waals surface area contributed by atoms with Gasteiger partial charge in [0.15, 0.2) is 0 Å². The Bertz CT molecular complexity index is 315. The summed E-state index contributed by atoms with van der Waals surface area (Å²) in [5.74, 6) is 0.923. The fraction of sp³-hybridized carbons (Fsp3) is 0.538. The Kier molecular flexibility index (Phi) is 5.29. The van der Waals surface area contributed by atoms with Crippen LogP contribution in [0.5, 0.6) is 5.75 Å². The van der Waals surface area contributed by atoms with Crippen molar-refractivity contribution in [1.82, 2.24) is 5.32 Å². The van der Waals surface area contributed by atoms with Crippen LogP contribution in [0.3, 0.4) is 0 Å². The van der Waals surface area contributed by atoms with Gasteiger partial charge in [0.05, 0.1) is 13.7 Å². The Hall–Kier alpha value is -1.06. The molecule has 1 rings (SSSR count). The van der Waals surface area contributed by atoms with E-state index in [-0.39, 0.29) is 6.04 Å². The Labute approximate surface area is 97.8 Å². The number of benzene rings is 1. The van der Waals surface area contributed by atoms with Gasteiger partial charge in [-0.05, 0) is 19.9 Å². The van der Waals surface area contributed by atoms with E-state index in [0.717, 1.165) is 5.75 Å². The maximum atomic E-state index is 5.34. The molecule has 90 valence electrons. The highest BCUT2D eigenvalue weighted by molar-refractivity contribution is 5.35. The molecule has 1 aromatic carbocycles. The van der Waals surface area contributed by atoms with Crippen molar-refractivity contribution in [1.29, 1.82) is 0 Å². The van der Waals surface area contributed by atoms with E-state index >= 15 is 0 Å². The Morgan fingerprint density at radius 1 is 1.19 bits per heavy atom. The second kappa shape index (κ2) is 6.51. The average Bonchev–Trinajstić information content (AvgIpc) is 2.29. The molecule has 1 unspecified atom stereocenters. The summed E-state index contributed by atoms with van der Waals surface area (Å²) >= 11 is 0. The van der Waals surface area contributed by atoms with E-state index in [0.29, 0.717) is 12.6 Å². The van der Waals surface area contributed by atoms with Crippen LogP contribution in [0.2, 0.25) is 0 Å². The van der Waals surface area contributed by atoms with Crippen LogP contribution in [-0.4, -0.2) is 26.9 Å². The molecule has 0 heterocycles. The van der Waals surface area contributed by atoms with Crippen molar-refractivity contribution in [2.75, 3.05) is 20.8 Å². The summed E-state index contributed by atoms with van der Waals surface area (Å²) < 4.78 is 10.4. The lowest BCUT2D eigenvalue weighted by Crippen LogP contribution is -2.32. The molecule has 0 saturated heterocycles. The van der Waals surface area contributed by atoms with Crippen LogP contribution in [0.1, 0.15) is 25.5 Å². The molecule has 3 heteroatoms. The molecule has 0 amide bonds. The third-order valence-corrected chi connectivity index (χ3v) is 2.56. The van der Waals surface area contributed by atoms with Crippen molar-refractivity contribution < 1.29 is 9.47 Å². The first kappa shape index (κ1) is 13.0. The lowest BCUT2D eigenvalue weighted by molar-refractivity contribution is 0.167. The Morgan fingerprint density at radius 3 is 2.50 bits per heavy atom. The molecule has 0 fully saturated rings. The molecule has 1 N–H and O–H groups in total. The summed E-state index contributed by atoms with van der Waals surface area (Å²) in [5.41, 5.74) is 1.17. The maximum Gasteiger partial charge on any atom is 0.123 e. The van der Waals surface area contributed by atoms with Gasteiger partial charge in [-0.3, -0.25) is 0 Å². The number of methoxy groups -OCH3 is 2. The molecule has 0 radical (unpaired) electrons. The second-order valence-electron chi connectivity index (χ2n) is 3.99. The van der Waals surface area contributed by atoms with Crippen LogP contribution in [0.15, 0.2) is 24.3 Å². The van der Waals surface area contributed by atoms with E-state index in [1.54, 1.807) is 14.2 Å². The largest absolute Gasteiger partial charge is 0.496 e. The zero-order chi connectivity index (χ0) is 12.0. The molecule has 2 atom stereocenters. The standard InChI is InChI=1S/C13H21NO2/c1-10(9-15-3)14-11(2)12-7-5-6-8-13(12)16-4/h5-8,10-11,14H,9H2,1-4H3/t10?,11-/m0/s1. The van der Waals surface area contributed by atoms with Crippen molar-refractivity contribution in [2.24, 2.45) is 0 Å². The highest BCUT2D eigenvalue weighted by Crippen LogP contribution is 2.24. The maximum absolute atomic E-state index is 5.34. The summed E-state index contributed by atoms with van der Waals surface area (Å²) in [7, 11) is 3.41. The normalized spacial score (nSPS) is 14.5. The van der Waals surface area contributed by atoms with Gasteiger partial charge in [0.25, 0.3) is 0 Å². The van der Waals surface area contributed by atoms with E-state index in [1.807, 2.05) is 18.2 Å². The molecule has 3 nitrogen and oxygen atoms in total. The van der Waals surface area contributed by atoms with Crippen LogP contribution in [0.25, 0.3) is 0 Å². The Balaban J connectivity index is 2.68. The van der Waals surface area contributed by atoms with Gasteiger partial charge in [-0.25, -0.2) is 0 Å². The Morgan fingerprint density at radius 2 is 1.88 bits per heavy atom. The second-order valence-corrected chi connectivity index (χ2v) is 3.99. The summed E-state index contributed by atoms with van der Waals surface area (Å²) in [4.78, 5) is 0. The van der Waals surface area contributed by atoms with Crippen molar-refractivity contribution >= 4 is 0 Å². The van der Waals surface area contributed by atoms with Crippen LogP contribution in [0.4, 0.5) is 0 Å². The van der Waals surface area contributed by atoms with E-state index in [9.17, 15) is 0 Å². The SMILES string of the molecule is COCC(C)N[C@@H](C)c1ccccc1OC. The fourth-order valence-corrected chi connectivity index (χ4v) is 1.84. The summed E-state index contributed by atoms with van der Waals surface area (Å²) in [5, 5.41) is 3.47. The van der Waals surface area contributed by atoms with Crippen LogP contribution < -0.4 is 10.1 Å². The lowest BCUT2D eigenvalue weighted by atomic mass is 10.1. The number of rotatable bonds is 6. The number of hydrogen-bond donors (Lipinski definition) is 1. The number of hydrogen-bond acceptors (Lipinski definition) is 3. The van der Waals surface area contributed by atoms with Crippen molar-refractivity contribution in [3.8, 4) is 5.75 Å². The van der Waals surface area contributed by atoms with Crippen molar-refractivity contribution in [2.45, 2.75) is 25.9 Å². The third kappa shape index (κ3) is 3.51. The molecule has 0 aliphatic heterocycles. The first-order valence-electron chi connectivity index (χ1n) is 5.57. The van der Waals surface area contributed by atoms with E-state index in [4.69, 9.17) is 9.47 Å². The number of para-hydroxylation sites is 1. The first-order chi connectivity index (χ1) is 7.69. The van der Waals surface area contributed by atoms with E-state index in [2.05, 4.69) is 25.2 Å². The highest BCUT2D eigenvalue weighted by Gasteiger charge is 2.12. The minimum atomic E-state index is 0.251. The zero-order valence-corrected chi connectivity index (χ0v) is 10.5. The highest BCUT2D eigenvalue weighted by atomic mass is 16.5. The molecule has 16 heavy (non-hydrogen) atoms. The monoisotopic (exact) mass is 223 g/mol. The minimum Gasteiger partial charge on any atom is -0.496 e. The smallest absolute Gasteiger partial charge is 0.123 e. The molecule has 0 spiro atoms. The molecule has 1 aromatic rings. The zero-order valence-electron chi connectivity index (χ0n) is 10.5. The average molecular weight is 223 g/mol. The van der Waals surface area contributed by atoms with Gasteiger partial charge < -0.3 is 14.8 Å². The lowest BCUT2D eigenvalue weighted by Gasteiger charge is -2.21. The van der Waals surface area contributed by atoms with Crippen molar-refractivity contribution in [3.05, 3.63) is 29.8 Å². The third-order valence-electron chi connectivity index (χ3n) is 2.56. The fourth-order valence-electron chi connectivity index (χ4n) is 1.84. The molecule has 0 aromatic heterocycles. The summed E-state index contributed by atoms with van der Waals surface area (Å²) in [6, 6.07) is 8.64. The van der Waals surface area contributed by atoms with Gasteiger partial charge in [-0.15, -0.1) is 0 Å². The molecular formula is C13H21NO2. The minimum absolute atomic E-state index is 0.251. The van der Waals surface area contributed by atoms with Gasteiger partial charge in [0, 0.05) is 24.8 Å². The van der Waals surface area contributed by atoms with Gasteiger partial charge >= 0.3 is 0 Å². The van der Waals surface area contributed by atoms with Gasteiger partial charge in [0.2, 0.25) is 0 Å². The quantitative estimate of drug-likeness (QED) is 0.803. The molecule has 0 bridgehead atoms. The van der Waals surface area contributed by atoms with Crippen LogP contribution in [-0.2, 0) is 4.74 Å². The van der Waals surface area contributed by atoms with E-state index < -0.39 is 0 Å². The van der Waals surface area contributed by atoms with Gasteiger partial charge in [-0.1, -0.05) is 18.2 Å². The number of nitrogens with one attached hydrogen (secondary N) is 1. The van der Waals surface area contributed by atoms with Crippen LogP contribution in [0, 0.1) is 0 Å². The van der Waals surface area contributed by atoms with Gasteiger partial charge in [-0.2, -0.15) is 0 Å². The topological polar surface area (TPSA) is 30.5 Å². The molecule has 0 aliphatic carbocycles. The van der Waals surface area contributed by atoms with E-state index in [1.165, 1.54) is 5.56 Å². The summed E-state index contributed by atoms with van der Waals surface area (Å²) in [6.07, 6.45) is 0. The van der Waals surface area contributed by atoms with Crippen molar-refractivity contribution in [3.63, 3.8) is 0 Å². The first-order valence-corrected chi connectivity index (χ1v) is 5.57. The van der Waals surface area contributed by atoms with Crippen LogP contribution >= 0.6 is 0 Å². The molecule has 0 aliphatic rings. The summed E-state index contributed by atoms with van der Waals surface area (Å²) in [6.45, 7) is 4.94. The predicted molar refractivity (Wildman–Crippen MR) is 65.9 cm³/mol. The van der Waals surface area contributed by atoms with Gasteiger partial charge in [0.1, 0.15) is 5.75 Å². The molecule has 0 saturated carbocycles.